The number of tetrazole rings is 1. The van der Waals surface area contributed by atoms with Gasteiger partial charge >= 0.3 is 0 Å². The normalized spacial score (nSPS) is 13.8. The number of anilines is 3. The monoisotopic (exact) mass is 563 g/mol. The van der Waals surface area contributed by atoms with Crippen molar-refractivity contribution in [2.24, 2.45) is 0 Å². The van der Waals surface area contributed by atoms with Gasteiger partial charge in [-0.2, -0.15) is 0 Å². The number of aromatic nitrogens is 4. The van der Waals surface area contributed by atoms with Crippen LogP contribution in [0.5, 0.6) is 0 Å². The molecule has 0 radical (unpaired) electrons. The zero-order valence-electron chi connectivity index (χ0n) is 21.7. The van der Waals surface area contributed by atoms with Crippen LogP contribution in [0, 0.1) is 0 Å². The van der Waals surface area contributed by atoms with E-state index in [1.165, 1.54) is 12.1 Å². The summed E-state index contributed by atoms with van der Waals surface area (Å²) in [4.78, 5) is 13.4. The number of nitrogens with one attached hydrogen (secondary N) is 4. The van der Waals surface area contributed by atoms with Crippen LogP contribution in [0.15, 0.2) is 108 Å². The van der Waals surface area contributed by atoms with Gasteiger partial charge in [-0.15, -0.1) is 5.10 Å². The van der Waals surface area contributed by atoms with Gasteiger partial charge in [0.05, 0.1) is 16.2 Å². The molecule has 11 heteroatoms. The van der Waals surface area contributed by atoms with Crippen LogP contribution in [-0.4, -0.2) is 34.9 Å². The molecule has 10 nitrogen and oxygen atoms in total. The summed E-state index contributed by atoms with van der Waals surface area (Å²) in [6.45, 7) is 0. The summed E-state index contributed by atoms with van der Waals surface area (Å²) >= 11 is 0. The smallest absolute Gasteiger partial charge is 0.261 e. The Hall–Kier alpha value is -5.29. The molecule has 41 heavy (non-hydrogen) atoms. The fourth-order valence-electron chi connectivity index (χ4n) is 4.61. The molecule has 1 aromatic heterocycles. The second-order valence-corrected chi connectivity index (χ2v) is 11.1. The standard InChI is InChI=1S/C30H25N7O3S/c38-30-28(25-19-24(16-17-26(25)32-30)41(39,40)35-23-9-5-2-6-10-23)29(21-7-3-1-4-8-21)31-22-14-11-20(12-15-22)13-18-27-33-36-37-34-27/h1-12,14-17,19,31,35H,13,18H2,(H,32,38)(H,33,34,36,37). The lowest BCUT2D eigenvalue weighted by Crippen LogP contribution is -2.13. The number of carbonyl (C=O) groups is 1. The van der Waals surface area contributed by atoms with Crippen LogP contribution < -0.4 is 15.4 Å². The predicted molar refractivity (Wildman–Crippen MR) is 157 cm³/mol. The molecule has 0 unspecified atom stereocenters. The zero-order chi connectivity index (χ0) is 28.2. The van der Waals surface area contributed by atoms with Crippen molar-refractivity contribution in [1.82, 2.24) is 20.6 Å². The van der Waals surface area contributed by atoms with E-state index in [4.69, 9.17) is 0 Å². The number of para-hydroxylation sites is 1. The number of amides is 1. The molecule has 4 aromatic carbocycles. The molecule has 1 amide bonds. The third-order valence-electron chi connectivity index (χ3n) is 6.65. The number of benzene rings is 4. The van der Waals surface area contributed by atoms with Gasteiger partial charge in [-0.1, -0.05) is 60.7 Å². The van der Waals surface area contributed by atoms with E-state index >= 15 is 0 Å². The van der Waals surface area contributed by atoms with E-state index in [0.717, 1.165) is 29.1 Å². The van der Waals surface area contributed by atoms with Crippen molar-refractivity contribution in [3.63, 3.8) is 0 Å². The number of hydrogen-bond donors (Lipinski definition) is 4. The first-order chi connectivity index (χ1) is 20.0. The Balaban J connectivity index is 1.35. The molecule has 0 spiro atoms. The first-order valence-corrected chi connectivity index (χ1v) is 14.4. The molecule has 0 saturated carbocycles. The van der Waals surface area contributed by atoms with Crippen molar-refractivity contribution in [3.8, 4) is 0 Å². The first-order valence-electron chi connectivity index (χ1n) is 12.9. The highest BCUT2D eigenvalue weighted by molar-refractivity contribution is 7.92. The average Bonchev–Trinajstić information content (AvgIpc) is 3.63. The van der Waals surface area contributed by atoms with Crippen LogP contribution in [0.3, 0.4) is 0 Å². The van der Waals surface area contributed by atoms with Crippen LogP contribution in [0.4, 0.5) is 17.1 Å². The average molecular weight is 564 g/mol. The number of nitrogens with zero attached hydrogens (tertiary/aromatic N) is 3. The Morgan fingerprint density at radius 3 is 2.24 bits per heavy atom. The molecule has 0 bridgehead atoms. The highest BCUT2D eigenvalue weighted by atomic mass is 32.2. The molecule has 1 aliphatic rings. The number of aromatic amines is 1. The molecule has 1 aliphatic heterocycles. The van der Waals surface area contributed by atoms with Crippen LogP contribution in [0.25, 0.3) is 11.3 Å². The van der Waals surface area contributed by atoms with E-state index in [-0.39, 0.29) is 10.8 Å². The van der Waals surface area contributed by atoms with Crippen LogP contribution >= 0.6 is 0 Å². The van der Waals surface area contributed by atoms with Crippen molar-refractivity contribution in [2.75, 3.05) is 15.4 Å². The van der Waals surface area contributed by atoms with Crippen molar-refractivity contribution >= 4 is 44.3 Å². The Morgan fingerprint density at radius 1 is 0.805 bits per heavy atom. The molecule has 0 atom stereocenters. The van der Waals surface area contributed by atoms with Crippen molar-refractivity contribution in [2.45, 2.75) is 17.7 Å². The van der Waals surface area contributed by atoms with Gasteiger partial charge in [0.2, 0.25) is 0 Å². The van der Waals surface area contributed by atoms with E-state index in [1.54, 1.807) is 30.3 Å². The minimum Gasteiger partial charge on any atom is -0.354 e. The van der Waals surface area contributed by atoms with E-state index < -0.39 is 10.0 Å². The molecule has 2 heterocycles. The van der Waals surface area contributed by atoms with E-state index in [2.05, 4.69) is 36.0 Å². The maximum absolute atomic E-state index is 13.3. The summed E-state index contributed by atoms with van der Waals surface area (Å²) < 4.78 is 29.0. The minimum absolute atomic E-state index is 0.0489. The molecule has 0 saturated heterocycles. The third-order valence-corrected chi connectivity index (χ3v) is 8.03. The Labute approximate surface area is 236 Å². The summed E-state index contributed by atoms with van der Waals surface area (Å²) in [6, 6.07) is 30.6. The lowest BCUT2D eigenvalue weighted by atomic mass is 10.00. The second-order valence-electron chi connectivity index (χ2n) is 9.42. The summed E-state index contributed by atoms with van der Waals surface area (Å²) in [5.41, 5.74) is 5.06. The molecule has 0 aliphatic carbocycles. The molecule has 5 aromatic rings. The summed E-state index contributed by atoms with van der Waals surface area (Å²) in [5, 5.41) is 20.2. The van der Waals surface area contributed by atoms with Gasteiger partial charge in [0.1, 0.15) is 5.82 Å². The van der Waals surface area contributed by atoms with Gasteiger partial charge in [-0.25, -0.2) is 13.5 Å². The fourth-order valence-corrected chi connectivity index (χ4v) is 5.70. The Kier molecular flexibility index (Phi) is 7.00. The number of sulfonamides is 1. The molecule has 6 rings (SSSR count). The van der Waals surface area contributed by atoms with Gasteiger partial charge in [0, 0.05) is 29.0 Å². The quantitative estimate of drug-likeness (QED) is 0.190. The Bertz CT molecular complexity index is 1820. The third kappa shape index (κ3) is 5.70. The van der Waals surface area contributed by atoms with Crippen LogP contribution in [-0.2, 0) is 27.7 Å². The predicted octanol–water partition coefficient (Wildman–Crippen LogP) is 4.72. The second kappa shape index (κ2) is 11.1. The van der Waals surface area contributed by atoms with E-state index in [0.29, 0.717) is 34.6 Å². The van der Waals surface area contributed by atoms with Crippen LogP contribution in [0.2, 0.25) is 0 Å². The fraction of sp³-hybridized carbons (Fsp3) is 0.0667. The number of carbonyl (C=O) groups excluding carboxylic acids is 1. The number of aryl methyl sites for hydroxylation is 2. The van der Waals surface area contributed by atoms with Crippen molar-refractivity contribution < 1.29 is 13.2 Å². The summed E-state index contributed by atoms with van der Waals surface area (Å²) in [7, 11) is -3.90. The number of rotatable bonds is 9. The minimum atomic E-state index is -3.90. The van der Waals surface area contributed by atoms with Gasteiger partial charge in [-0.3, -0.25) is 9.52 Å². The number of H-pyrrole nitrogens is 1. The number of hydrogen-bond acceptors (Lipinski definition) is 7. The topological polar surface area (TPSA) is 142 Å². The first kappa shape index (κ1) is 26.0. The summed E-state index contributed by atoms with van der Waals surface area (Å²) in [6.07, 6.45) is 1.44. The Morgan fingerprint density at radius 2 is 1.54 bits per heavy atom. The van der Waals surface area contributed by atoms with Gasteiger partial charge in [0.25, 0.3) is 15.9 Å². The lowest BCUT2D eigenvalue weighted by molar-refractivity contribution is -0.110. The molecular weight excluding hydrogens is 538 g/mol. The SMILES string of the molecule is O=C1Nc2ccc(S(=O)(=O)Nc3ccccc3)cc2C1=C(Nc1ccc(CCc2nnn[nH]2)cc1)c1ccccc1. The van der Waals surface area contributed by atoms with Crippen LogP contribution in [0.1, 0.15) is 22.5 Å². The molecule has 204 valence electrons. The van der Waals surface area contributed by atoms with E-state index in [9.17, 15) is 13.2 Å². The highest BCUT2D eigenvalue weighted by Gasteiger charge is 2.30. The lowest BCUT2D eigenvalue weighted by Gasteiger charge is -2.15. The summed E-state index contributed by atoms with van der Waals surface area (Å²) in [5.74, 6) is 0.392. The van der Waals surface area contributed by atoms with E-state index in [1.807, 2.05) is 60.7 Å². The number of fused-ring (bicyclic) bond motifs is 1. The molecular formula is C30H25N7O3S. The van der Waals surface area contributed by atoms with Gasteiger partial charge in [-0.05, 0) is 70.4 Å². The van der Waals surface area contributed by atoms with Crippen molar-refractivity contribution in [1.29, 1.82) is 0 Å². The largest absolute Gasteiger partial charge is 0.354 e. The van der Waals surface area contributed by atoms with Gasteiger partial charge < -0.3 is 10.6 Å². The molecule has 0 fully saturated rings. The molecule has 4 N–H and O–H groups in total. The van der Waals surface area contributed by atoms with Crippen molar-refractivity contribution in [3.05, 3.63) is 126 Å². The zero-order valence-corrected chi connectivity index (χ0v) is 22.5. The highest BCUT2D eigenvalue weighted by Crippen LogP contribution is 2.39. The van der Waals surface area contributed by atoms with Gasteiger partial charge in [0.15, 0.2) is 0 Å². The maximum Gasteiger partial charge on any atom is 0.261 e. The maximum atomic E-state index is 13.3.